The first kappa shape index (κ1) is 15.8. The van der Waals surface area contributed by atoms with Gasteiger partial charge in [0.1, 0.15) is 0 Å². The standard InChI is InChI=1S/C18H24N2O.ClH/c21-17(20-12-14-10-19-11-15(14)13-20)18(8-4-5-9-18)16-6-2-1-3-7-16;/h1-3,6-7,14-15,19H,4-5,8-13H2;1H/t14-,15+;. The van der Waals surface area contributed by atoms with Crippen LogP contribution in [-0.2, 0) is 10.2 Å². The molecular formula is C18H25ClN2O. The first-order valence-corrected chi connectivity index (χ1v) is 8.35. The molecule has 3 nitrogen and oxygen atoms in total. The molecule has 1 saturated carbocycles. The first-order chi connectivity index (χ1) is 10.3. The Morgan fingerprint density at radius 1 is 1.05 bits per heavy atom. The smallest absolute Gasteiger partial charge is 0.233 e. The number of carbonyl (C=O) groups is 1. The molecule has 0 radical (unpaired) electrons. The van der Waals surface area contributed by atoms with Crippen molar-refractivity contribution in [2.75, 3.05) is 26.2 Å². The van der Waals surface area contributed by atoms with Gasteiger partial charge in [-0.05, 0) is 30.2 Å². The maximum absolute atomic E-state index is 13.3. The molecule has 1 N–H and O–H groups in total. The van der Waals surface area contributed by atoms with Gasteiger partial charge >= 0.3 is 0 Å². The fourth-order valence-corrected chi connectivity index (χ4v) is 4.69. The summed E-state index contributed by atoms with van der Waals surface area (Å²) in [7, 11) is 0. The van der Waals surface area contributed by atoms with Gasteiger partial charge in [0.15, 0.2) is 0 Å². The third-order valence-corrected chi connectivity index (χ3v) is 5.87. The molecule has 1 aromatic carbocycles. The zero-order valence-corrected chi connectivity index (χ0v) is 13.8. The van der Waals surface area contributed by atoms with E-state index in [1.54, 1.807) is 0 Å². The van der Waals surface area contributed by atoms with Crippen molar-refractivity contribution in [1.29, 1.82) is 0 Å². The van der Waals surface area contributed by atoms with E-state index in [4.69, 9.17) is 0 Å². The van der Waals surface area contributed by atoms with Crippen LogP contribution >= 0.6 is 12.4 Å². The molecule has 4 heteroatoms. The number of halogens is 1. The van der Waals surface area contributed by atoms with E-state index in [1.807, 2.05) is 6.07 Å². The number of hydrogen-bond donors (Lipinski definition) is 1. The van der Waals surface area contributed by atoms with Gasteiger partial charge in [0.25, 0.3) is 0 Å². The molecule has 0 bridgehead atoms. The monoisotopic (exact) mass is 320 g/mol. The van der Waals surface area contributed by atoms with Crippen LogP contribution in [0.15, 0.2) is 30.3 Å². The maximum Gasteiger partial charge on any atom is 0.233 e. The van der Waals surface area contributed by atoms with Gasteiger partial charge in [0, 0.05) is 26.2 Å². The molecule has 3 aliphatic rings. The lowest BCUT2D eigenvalue weighted by atomic mass is 9.77. The molecule has 1 aliphatic carbocycles. The van der Waals surface area contributed by atoms with E-state index in [9.17, 15) is 4.79 Å². The van der Waals surface area contributed by atoms with Crippen LogP contribution < -0.4 is 5.32 Å². The number of rotatable bonds is 2. The topological polar surface area (TPSA) is 32.3 Å². The predicted octanol–water partition coefficient (Wildman–Crippen LogP) is 2.60. The first-order valence-electron chi connectivity index (χ1n) is 8.35. The summed E-state index contributed by atoms with van der Waals surface area (Å²) < 4.78 is 0. The van der Waals surface area contributed by atoms with Gasteiger partial charge in [0.2, 0.25) is 5.91 Å². The minimum Gasteiger partial charge on any atom is -0.341 e. The summed E-state index contributed by atoms with van der Waals surface area (Å²) in [5.74, 6) is 1.77. The van der Waals surface area contributed by atoms with E-state index in [-0.39, 0.29) is 17.8 Å². The molecule has 1 aromatic rings. The number of nitrogens with zero attached hydrogens (tertiary/aromatic N) is 1. The zero-order chi connectivity index (χ0) is 14.3. The van der Waals surface area contributed by atoms with Crippen LogP contribution in [-0.4, -0.2) is 37.0 Å². The third-order valence-electron chi connectivity index (χ3n) is 5.87. The van der Waals surface area contributed by atoms with Crippen molar-refractivity contribution in [3.8, 4) is 0 Å². The molecule has 0 spiro atoms. The predicted molar refractivity (Wildman–Crippen MR) is 90.3 cm³/mol. The Morgan fingerprint density at radius 2 is 1.64 bits per heavy atom. The molecular weight excluding hydrogens is 296 g/mol. The van der Waals surface area contributed by atoms with E-state index in [2.05, 4.69) is 34.5 Å². The van der Waals surface area contributed by atoms with Gasteiger partial charge in [0.05, 0.1) is 5.41 Å². The summed E-state index contributed by atoms with van der Waals surface area (Å²) in [5, 5.41) is 3.46. The number of fused-ring (bicyclic) bond motifs is 1. The Kier molecular flexibility index (Phi) is 4.47. The van der Waals surface area contributed by atoms with E-state index >= 15 is 0 Å². The van der Waals surface area contributed by atoms with Gasteiger partial charge in [-0.1, -0.05) is 43.2 Å². The highest BCUT2D eigenvalue weighted by molar-refractivity contribution is 5.89. The summed E-state index contributed by atoms with van der Waals surface area (Å²) >= 11 is 0. The van der Waals surface area contributed by atoms with Crippen LogP contribution in [0.25, 0.3) is 0 Å². The zero-order valence-electron chi connectivity index (χ0n) is 13.0. The van der Waals surface area contributed by atoms with E-state index in [0.717, 1.165) is 39.0 Å². The molecule has 0 unspecified atom stereocenters. The largest absolute Gasteiger partial charge is 0.341 e. The third kappa shape index (κ3) is 2.44. The van der Waals surface area contributed by atoms with Gasteiger partial charge < -0.3 is 10.2 Å². The van der Waals surface area contributed by atoms with Crippen molar-refractivity contribution in [1.82, 2.24) is 10.2 Å². The normalized spacial score (nSPS) is 29.2. The Hall–Kier alpha value is -1.06. The Labute approximate surface area is 138 Å². The van der Waals surface area contributed by atoms with Crippen molar-refractivity contribution in [3.63, 3.8) is 0 Å². The lowest BCUT2D eigenvalue weighted by Crippen LogP contribution is -2.45. The number of likely N-dealkylation sites (tertiary alicyclic amines) is 1. The van der Waals surface area contributed by atoms with Crippen molar-refractivity contribution < 1.29 is 4.79 Å². The number of amides is 1. The molecule has 2 heterocycles. The second-order valence-corrected chi connectivity index (χ2v) is 7.04. The maximum atomic E-state index is 13.3. The summed E-state index contributed by atoms with van der Waals surface area (Å²) in [6, 6.07) is 10.5. The van der Waals surface area contributed by atoms with Crippen molar-refractivity contribution >= 4 is 18.3 Å². The Morgan fingerprint density at radius 3 is 2.23 bits per heavy atom. The summed E-state index contributed by atoms with van der Waals surface area (Å²) in [4.78, 5) is 15.5. The van der Waals surface area contributed by atoms with E-state index in [0.29, 0.717) is 17.7 Å². The fourth-order valence-electron chi connectivity index (χ4n) is 4.69. The van der Waals surface area contributed by atoms with E-state index in [1.165, 1.54) is 18.4 Å². The lowest BCUT2D eigenvalue weighted by Gasteiger charge is -2.33. The molecule has 120 valence electrons. The molecule has 2 atom stereocenters. The van der Waals surface area contributed by atoms with Crippen molar-refractivity contribution in [2.45, 2.75) is 31.1 Å². The minimum absolute atomic E-state index is 0. The van der Waals surface area contributed by atoms with Crippen molar-refractivity contribution in [2.24, 2.45) is 11.8 Å². The van der Waals surface area contributed by atoms with Gasteiger partial charge in [-0.15, -0.1) is 12.4 Å². The van der Waals surface area contributed by atoms with Crippen LogP contribution in [0.3, 0.4) is 0 Å². The highest BCUT2D eigenvalue weighted by Crippen LogP contribution is 2.43. The molecule has 4 rings (SSSR count). The molecule has 2 saturated heterocycles. The summed E-state index contributed by atoms with van der Waals surface area (Å²) in [6.07, 6.45) is 4.42. The van der Waals surface area contributed by atoms with Crippen molar-refractivity contribution in [3.05, 3.63) is 35.9 Å². The second kappa shape index (κ2) is 6.21. The number of nitrogens with one attached hydrogen (secondary N) is 1. The molecule has 3 fully saturated rings. The minimum atomic E-state index is -0.229. The van der Waals surface area contributed by atoms with Crippen LogP contribution in [0.2, 0.25) is 0 Å². The quantitative estimate of drug-likeness (QED) is 0.908. The van der Waals surface area contributed by atoms with Gasteiger partial charge in [-0.2, -0.15) is 0 Å². The van der Waals surface area contributed by atoms with Crippen LogP contribution in [0.5, 0.6) is 0 Å². The Balaban J connectivity index is 0.00000144. The summed E-state index contributed by atoms with van der Waals surface area (Å²) in [6.45, 7) is 4.11. The molecule has 0 aromatic heterocycles. The Bertz CT molecular complexity index is 515. The average Bonchev–Trinajstić information content (AvgIpc) is 3.23. The molecule has 1 amide bonds. The van der Waals surface area contributed by atoms with Gasteiger partial charge in [-0.25, -0.2) is 0 Å². The highest BCUT2D eigenvalue weighted by atomic mass is 35.5. The van der Waals surface area contributed by atoms with Crippen LogP contribution in [0.4, 0.5) is 0 Å². The van der Waals surface area contributed by atoms with Crippen LogP contribution in [0.1, 0.15) is 31.2 Å². The van der Waals surface area contributed by atoms with Gasteiger partial charge in [-0.3, -0.25) is 4.79 Å². The number of benzene rings is 1. The number of hydrogen-bond acceptors (Lipinski definition) is 2. The average molecular weight is 321 g/mol. The van der Waals surface area contributed by atoms with Crippen LogP contribution in [0, 0.1) is 11.8 Å². The lowest BCUT2D eigenvalue weighted by molar-refractivity contribution is -0.136. The SMILES string of the molecule is Cl.O=C(N1C[C@H]2CNC[C@H]2C1)C1(c2ccccc2)CCCC1. The second-order valence-electron chi connectivity index (χ2n) is 7.04. The molecule has 22 heavy (non-hydrogen) atoms. The fraction of sp³-hybridized carbons (Fsp3) is 0.611. The molecule has 2 aliphatic heterocycles. The summed E-state index contributed by atoms with van der Waals surface area (Å²) in [5.41, 5.74) is 1.01. The van der Waals surface area contributed by atoms with E-state index < -0.39 is 0 Å². The highest BCUT2D eigenvalue weighted by Gasteiger charge is 2.48. The number of carbonyl (C=O) groups excluding carboxylic acids is 1.